The summed E-state index contributed by atoms with van der Waals surface area (Å²) in [5.41, 5.74) is 1.83. The quantitative estimate of drug-likeness (QED) is 0.851. The van der Waals surface area contributed by atoms with Gasteiger partial charge in [0, 0.05) is 30.0 Å². The molecule has 0 bridgehead atoms. The van der Waals surface area contributed by atoms with E-state index in [4.69, 9.17) is 4.74 Å². The van der Waals surface area contributed by atoms with Crippen molar-refractivity contribution >= 4 is 23.4 Å². The van der Waals surface area contributed by atoms with E-state index < -0.39 is 0 Å². The van der Waals surface area contributed by atoms with Crippen molar-refractivity contribution in [3.05, 3.63) is 29.8 Å². The van der Waals surface area contributed by atoms with Crippen LogP contribution in [0.25, 0.3) is 0 Å². The Bertz CT molecular complexity index is 392. The summed E-state index contributed by atoms with van der Waals surface area (Å²) in [5.74, 6) is 1.70. The predicted molar refractivity (Wildman–Crippen MR) is 70.0 cm³/mol. The van der Waals surface area contributed by atoms with Gasteiger partial charge < -0.3 is 10.1 Å². The van der Waals surface area contributed by atoms with Gasteiger partial charge in [-0.25, -0.2) is 0 Å². The van der Waals surface area contributed by atoms with Crippen molar-refractivity contribution in [3.8, 4) is 0 Å². The first-order valence-electron chi connectivity index (χ1n) is 5.50. The van der Waals surface area contributed by atoms with Crippen LogP contribution in [0.5, 0.6) is 0 Å². The average molecular weight is 252 g/mol. The van der Waals surface area contributed by atoms with E-state index in [-0.39, 0.29) is 11.9 Å². The Hall–Kier alpha value is -1.04. The minimum atomic E-state index is -0.0874. The van der Waals surface area contributed by atoms with Gasteiger partial charge in [0.2, 0.25) is 5.91 Å². The second-order valence-electron chi connectivity index (χ2n) is 3.85. The largest absolute Gasteiger partial charge is 0.380 e. The van der Waals surface area contributed by atoms with Crippen LogP contribution in [-0.2, 0) is 16.1 Å². The number of para-hydroxylation sites is 1. The third-order valence-corrected chi connectivity index (χ3v) is 3.55. The second kappa shape index (κ2) is 6.05. The molecule has 5 heteroatoms. The molecule has 2 rings (SSSR count). The Kier molecular flexibility index (Phi) is 4.42. The molecule has 17 heavy (non-hydrogen) atoms. The lowest BCUT2D eigenvalue weighted by Crippen LogP contribution is -2.37. The van der Waals surface area contributed by atoms with Gasteiger partial charge in [0.15, 0.2) is 0 Å². The van der Waals surface area contributed by atoms with E-state index in [1.54, 1.807) is 18.9 Å². The van der Waals surface area contributed by atoms with Gasteiger partial charge in [-0.05, 0) is 6.07 Å². The van der Waals surface area contributed by atoms with Gasteiger partial charge in [-0.1, -0.05) is 18.2 Å². The average Bonchev–Trinajstić information content (AvgIpc) is 2.85. The van der Waals surface area contributed by atoms with Crippen molar-refractivity contribution in [1.29, 1.82) is 0 Å². The zero-order valence-corrected chi connectivity index (χ0v) is 10.5. The van der Waals surface area contributed by atoms with Crippen molar-refractivity contribution in [1.82, 2.24) is 5.32 Å². The maximum Gasteiger partial charge on any atom is 0.242 e. The molecule has 0 saturated carbocycles. The number of anilines is 1. The molecule has 0 spiro atoms. The smallest absolute Gasteiger partial charge is 0.242 e. The van der Waals surface area contributed by atoms with Crippen LogP contribution < -0.4 is 10.6 Å². The number of hydrogen-bond acceptors (Lipinski definition) is 4. The maximum absolute atomic E-state index is 11.9. The number of carbonyl (C=O) groups excluding carboxylic acids is 1. The molecule has 0 aromatic heterocycles. The van der Waals surface area contributed by atoms with Crippen LogP contribution in [0.4, 0.5) is 5.69 Å². The topological polar surface area (TPSA) is 50.4 Å². The molecule has 1 heterocycles. The van der Waals surface area contributed by atoms with Crippen LogP contribution in [0, 0.1) is 0 Å². The number of carbonyl (C=O) groups is 1. The van der Waals surface area contributed by atoms with Gasteiger partial charge in [0.25, 0.3) is 0 Å². The summed E-state index contributed by atoms with van der Waals surface area (Å²) in [6.45, 7) is 0.503. The molecular formula is C12H16N2O2S. The molecule has 1 aromatic rings. The van der Waals surface area contributed by atoms with E-state index in [0.717, 1.165) is 22.9 Å². The second-order valence-corrected chi connectivity index (χ2v) is 4.88. The summed E-state index contributed by atoms with van der Waals surface area (Å²) >= 11 is 1.74. The Balaban J connectivity index is 2.04. The molecule has 1 aromatic carbocycles. The van der Waals surface area contributed by atoms with Gasteiger partial charge in [0.1, 0.15) is 0 Å². The summed E-state index contributed by atoms with van der Waals surface area (Å²) in [6, 6.07) is 7.61. The monoisotopic (exact) mass is 252 g/mol. The van der Waals surface area contributed by atoms with Crippen molar-refractivity contribution in [3.63, 3.8) is 0 Å². The normalized spacial score (nSPS) is 19.2. The van der Waals surface area contributed by atoms with Crippen LogP contribution in [0.2, 0.25) is 0 Å². The van der Waals surface area contributed by atoms with Gasteiger partial charge >= 0.3 is 0 Å². The number of ether oxygens (including phenoxy) is 1. The summed E-state index contributed by atoms with van der Waals surface area (Å²) in [4.78, 5) is 11.9. The zero-order chi connectivity index (χ0) is 12.1. The predicted octanol–water partition coefficient (Wildman–Crippen LogP) is 1.43. The maximum atomic E-state index is 11.9. The molecule has 2 N–H and O–H groups in total. The van der Waals surface area contributed by atoms with E-state index in [9.17, 15) is 4.79 Å². The molecule has 1 atom stereocenters. The summed E-state index contributed by atoms with van der Waals surface area (Å²) < 4.78 is 5.10. The Labute approximate surface area is 105 Å². The Morgan fingerprint density at radius 2 is 2.41 bits per heavy atom. The molecule has 4 nitrogen and oxygen atoms in total. The number of benzene rings is 1. The minimum Gasteiger partial charge on any atom is -0.380 e. The number of methoxy groups -OCH3 is 1. The molecule has 1 aliphatic heterocycles. The molecule has 1 unspecified atom stereocenters. The minimum absolute atomic E-state index is 0.0264. The van der Waals surface area contributed by atoms with E-state index >= 15 is 0 Å². The van der Waals surface area contributed by atoms with Crippen molar-refractivity contribution < 1.29 is 9.53 Å². The Morgan fingerprint density at radius 1 is 1.59 bits per heavy atom. The number of thioether (sulfide) groups is 1. The van der Waals surface area contributed by atoms with E-state index in [1.807, 2.05) is 24.3 Å². The fourth-order valence-electron chi connectivity index (χ4n) is 1.71. The van der Waals surface area contributed by atoms with Crippen LogP contribution in [0.15, 0.2) is 24.3 Å². The lowest BCUT2D eigenvalue weighted by Gasteiger charge is -2.13. The van der Waals surface area contributed by atoms with Gasteiger partial charge in [-0.2, -0.15) is 0 Å². The van der Waals surface area contributed by atoms with Crippen LogP contribution in [0.3, 0.4) is 0 Å². The van der Waals surface area contributed by atoms with E-state index in [1.165, 1.54) is 0 Å². The molecule has 1 fully saturated rings. The molecule has 0 radical (unpaired) electrons. The van der Waals surface area contributed by atoms with Gasteiger partial charge in [-0.15, -0.1) is 11.8 Å². The highest BCUT2D eigenvalue weighted by molar-refractivity contribution is 7.99. The van der Waals surface area contributed by atoms with Crippen LogP contribution in [0.1, 0.15) is 5.56 Å². The van der Waals surface area contributed by atoms with Crippen LogP contribution in [-0.4, -0.2) is 30.7 Å². The molecular weight excluding hydrogens is 236 g/mol. The van der Waals surface area contributed by atoms with Gasteiger partial charge in [0.05, 0.1) is 12.6 Å². The number of rotatable bonds is 4. The third-order valence-electron chi connectivity index (χ3n) is 2.61. The summed E-state index contributed by atoms with van der Waals surface area (Å²) in [7, 11) is 1.65. The number of nitrogens with one attached hydrogen (secondary N) is 2. The highest BCUT2D eigenvalue weighted by Gasteiger charge is 2.22. The molecule has 1 aliphatic rings. The van der Waals surface area contributed by atoms with Gasteiger partial charge in [-0.3, -0.25) is 10.1 Å². The lowest BCUT2D eigenvalue weighted by atomic mass is 10.2. The third kappa shape index (κ3) is 3.21. The van der Waals surface area contributed by atoms with E-state index in [2.05, 4.69) is 10.6 Å². The van der Waals surface area contributed by atoms with Crippen LogP contribution >= 0.6 is 11.8 Å². The first-order valence-corrected chi connectivity index (χ1v) is 6.65. The number of hydrogen-bond donors (Lipinski definition) is 2. The number of amides is 1. The van der Waals surface area contributed by atoms with Crippen molar-refractivity contribution in [2.75, 3.05) is 24.1 Å². The Morgan fingerprint density at radius 3 is 3.12 bits per heavy atom. The van der Waals surface area contributed by atoms with Crippen molar-refractivity contribution in [2.45, 2.75) is 12.6 Å². The van der Waals surface area contributed by atoms with Crippen molar-refractivity contribution in [2.24, 2.45) is 0 Å². The fourth-order valence-corrected chi connectivity index (χ4v) is 2.65. The molecule has 1 saturated heterocycles. The summed E-state index contributed by atoms with van der Waals surface area (Å²) in [6.07, 6.45) is 0. The zero-order valence-electron chi connectivity index (χ0n) is 9.73. The highest BCUT2D eigenvalue weighted by Crippen LogP contribution is 2.17. The lowest BCUT2D eigenvalue weighted by molar-refractivity contribution is -0.117. The molecule has 92 valence electrons. The highest BCUT2D eigenvalue weighted by atomic mass is 32.2. The molecule has 0 aliphatic carbocycles. The molecule has 1 amide bonds. The standard InChI is InChI=1S/C12H16N2O2S/c1-16-6-9-4-2-3-5-10(9)14-12(15)11-7-17-8-13-11/h2-5,11,13H,6-8H2,1H3,(H,14,15). The van der Waals surface area contributed by atoms with E-state index in [0.29, 0.717) is 6.61 Å². The summed E-state index contributed by atoms with van der Waals surface area (Å²) in [5, 5.41) is 6.09. The SMILES string of the molecule is COCc1ccccc1NC(=O)C1CSCN1. The first kappa shape index (κ1) is 12.4. The first-order chi connectivity index (χ1) is 8.31. The fraction of sp³-hybridized carbons (Fsp3) is 0.417.